The number of nitrogens with one attached hydrogen (secondary N) is 2. The van der Waals surface area contributed by atoms with E-state index >= 15 is 0 Å². The van der Waals surface area contributed by atoms with Gasteiger partial charge in [0.1, 0.15) is 11.6 Å². The summed E-state index contributed by atoms with van der Waals surface area (Å²) in [6.45, 7) is 1.48. The number of phenols is 1. The summed E-state index contributed by atoms with van der Waals surface area (Å²) in [5.41, 5.74) is 6.02. The van der Waals surface area contributed by atoms with Gasteiger partial charge in [-0.25, -0.2) is 5.01 Å². The first-order valence-electron chi connectivity index (χ1n) is 9.87. The zero-order chi connectivity index (χ0) is 21.4. The van der Waals surface area contributed by atoms with E-state index in [9.17, 15) is 9.90 Å². The van der Waals surface area contributed by atoms with Crippen LogP contribution in [0.4, 0.5) is 6.01 Å². The van der Waals surface area contributed by atoms with E-state index in [0.717, 1.165) is 22.0 Å². The van der Waals surface area contributed by atoms with Crippen molar-refractivity contribution in [1.82, 2.24) is 25.6 Å². The van der Waals surface area contributed by atoms with Gasteiger partial charge in [-0.3, -0.25) is 10.2 Å². The number of nitrogens with zero attached hydrogens (tertiary/aromatic N) is 4. The molecule has 1 unspecified atom stereocenters. The molecule has 1 saturated heterocycles. The SMILES string of the molecule is CC(=O)N1N/C(=N/c2nnc(Cc3c[nH]c4ccccc34)o2)CC1c1ccc(O)cc1. The molecular weight excluding hydrogens is 396 g/mol. The summed E-state index contributed by atoms with van der Waals surface area (Å²) in [5.74, 6) is 1.04. The summed E-state index contributed by atoms with van der Waals surface area (Å²) >= 11 is 0. The highest BCUT2D eigenvalue weighted by atomic mass is 16.4. The van der Waals surface area contributed by atoms with E-state index in [4.69, 9.17) is 4.42 Å². The van der Waals surface area contributed by atoms with Gasteiger partial charge in [-0.2, -0.15) is 4.99 Å². The molecule has 4 aromatic rings. The van der Waals surface area contributed by atoms with E-state index < -0.39 is 0 Å². The number of fused-ring (bicyclic) bond motifs is 1. The Kier molecular flexibility index (Phi) is 4.62. The second kappa shape index (κ2) is 7.60. The number of rotatable bonds is 4. The summed E-state index contributed by atoms with van der Waals surface area (Å²) in [4.78, 5) is 19.7. The van der Waals surface area contributed by atoms with Gasteiger partial charge in [-0.15, -0.1) is 5.10 Å². The molecule has 9 heteroatoms. The smallest absolute Gasteiger partial charge is 0.344 e. The van der Waals surface area contributed by atoms with E-state index in [1.807, 2.05) is 30.5 Å². The molecule has 1 amide bonds. The molecule has 1 aliphatic heterocycles. The number of aliphatic imine (C=N–C) groups is 1. The highest BCUT2D eigenvalue weighted by molar-refractivity contribution is 5.90. The minimum Gasteiger partial charge on any atom is -0.508 e. The number of para-hydroxylation sites is 1. The van der Waals surface area contributed by atoms with Crippen molar-refractivity contribution in [1.29, 1.82) is 0 Å². The van der Waals surface area contributed by atoms with Crippen molar-refractivity contribution >= 4 is 28.7 Å². The Hall–Kier alpha value is -4.14. The molecule has 0 saturated carbocycles. The maximum absolute atomic E-state index is 12.1. The number of benzene rings is 2. The maximum atomic E-state index is 12.1. The van der Waals surface area contributed by atoms with Crippen molar-refractivity contribution in [2.75, 3.05) is 0 Å². The van der Waals surface area contributed by atoms with Gasteiger partial charge < -0.3 is 14.5 Å². The van der Waals surface area contributed by atoms with E-state index in [1.54, 1.807) is 24.3 Å². The summed E-state index contributed by atoms with van der Waals surface area (Å²) in [6, 6.07) is 14.7. The van der Waals surface area contributed by atoms with Crippen molar-refractivity contribution in [3.05, 3.63) is 71.7 Å². The molecule has 0 radical (unpaired) electrons. The van der Waals surface area contributed by atoms with Crippen LogP contribution >= 0.6 is 0 Å². The lowest BCUT2D eigenvalue weighted by Crippen LogP contribution is -2.38. The summed E-state index contributed by atoms with van der Waals surface area (Å²) in [7, 11) is 0. The van der Waals surface area contributed by atoms with E-state index in [2.05, 4.69) is 25.6 Å². The van der Waals surface area contributed by atoms with Crippen molar-refractivity contribution < 1.29 is 14.3 Å². The molecule has 1 aliphatic rings. The number of aromatic amines is 1. The lowest BCUT2D eigenvalue weighted by molar-refractivity contribution is -0.132. The van der Waals surface area contributed by atoms with Crippen LogP contribution in [-0.4, -0.2) is 37.0 Å². The molecule has 1 atom stereocenters. The highest BCUT2D eigenvalue weighted by Gasteiger charge is 2.32. The Morgan fingerprint density at radius 1 is 1.23 bits per heavy atom. The van der Waals surface area contributed by atoms with Crippen LogP contribution in [0.1, 0.15) is 36.4 Å². The minimum atomic E-state index is -0.245. The zero-order valence-electron chi connectivity index (χ0n) is 16.7. The van der Waals surface area contributed by atoms with E-state index in [0.29, 0.717) is 24.6 Å². The Morgan fingerprint density at radius 2 is 2.03 bits per heavy atom. The van der Waals surface area contributed by atoms with E-state index in [1.165, 1.54) is 11.9 Å². The maximum Gasteiger partial charge on any atom is 0.344 e. The second-order valence-corrected chi connectivity index (χ2v) is 7.39. The Morgan fingerprint density at radius 3 is 2.84 bits per heavy atom. The fraction of sp³-hybridized carbons (Fsp3) is 0.182. The van der Waals surface area contributed by atoms with Gasteiger partial charge in [0.25, 0.3) is 0 Å². The van der Waals surface area contributed by atoms with Crippen molar-refractivity contribution in [3.8, 4) is 5.75 Å². The van der Waals surface area contributed by atoms with Gasteiger partial charge in [0.2, 0.25) is 11.8 Å². The average molecular weight is 416 g/mol. The molecule has 3 heterocycles. The predicted octanol–water partition coefficient (Wildman–Crippen LogP) is 3.38. The molecule has 2 aromatic carbocycles. The number of carbonyl (C=O) groups is 1. The van der Waals surface area contributed by atoms with Crippen LogP contribution in [0.3, 0.4) is 0 Å². The van der Waals surface area contributed by atoms with E-state index in [-0.39, 0.29) is 23.7 Å². The molecule has 1 fully saturated rings. The van der Waals surface area contributed by atoms with Crippen LogP contribution in [0.25, 0.3) is 10.9 Å². The van der Waals surface area contributed by atoms with Crippen LogP contribution in [0.2, 0.25) is 0 Å². The number of aromatic nitrogens is 3. The van der Waals surface area contributed by atoms with Crippen LogP contribution in [0, 0.1) is 0 Å². The fourth-order valence-electron chi connectivity index (χ4n) is 3.79. The van der Waals surface area contributed by atoms with Crippen molar-refractivity contribution in [3.63, 3.8) is 0 Å². The third kappa shape index (κ3) is 3.73. The summed E-state index contributed by atoms with van der Waals surface area (Å²) < 4.78 is 5.72. The third-order valence-electron chi connectivity index (χ3n) is 5.27. The van der Waals surface area contributed by atoms with Gasteiger partial charge in [-0.1, -0.05) is 35.4 Å². The lowest BCUT2D eigenvalue weighted by Gasteiger charge is -2.22. The topological polar surface area (TPSA) is 120 Å². The lowest BCUT2D eigenvalue weighted by atomic mass is 10.0. The first-order chi connectivity index (χ1) is 15.1. The Bertz CT molecular complexity index is 1270. The quantitative estimate of drug-likeness (QED) is 0.469. The van der Waals surface area contributed by atoms with Gasteiger partial charge >= 0.3 is 6.01 Å². The first-order valence-corrected chi connectivity index (χ1v) is 9.87. The number of hydrazine groups is 1. The van der Waals surface area contributed by atoms with Crippen LogP contribution < -0.4 is 5.43 Å². The van der Waals surface area contributed by atoms with Crippen LogP contribution in [-0.2, 0) is 11.2 Å². The number of hydrogen-bond donors (Lipinski definition) is 3. The zero-order valence-corrected chi connectivity index (χ0v) is 16.7. The normalized spacial score (nSPS) is 17.4. The molecule has 3 N–H and O–H groups in total. The van der Waals surface area contributed by atoms with Crippen molar-refractivity contribution in [2.24, 2.45) is 4.99 Å². The molecule has 9 nitrogen and oxygen atoms in total. The molecule has 0 bridgehead atoms. The monoisotopic (exact) mass is 416 g/mol. The predicted molar refractivity (Wildman–Crippen MR) is 114 cm³/mol. The van der Waals surface area contributed by atoms with Gasteiger partial charge in [0.05, 0.1) is 12.5 Å². The third-order valence-corrected chi connectivity index (χ3v) is 5.27. The number of amidine groups is 1. The Balaban J connectivity index is 1.35. The molecule has 0 aliphatic carbocycles. The van der Waals surface area contributed by atoms with Gasteiger partial charge in [0, 0.05) is 30.4 Å². The fourth-order valence-corrected chi connectivity index (χ4v) is 3.79. The molecule has 31 heavy (non-hydrogen) atoms. The number of hydrogen-bond acceptors (Lipinski definition) is 6. The molecule has 5 rings (SSSR count). The van der Waals surface area contributed by atoms with Gasteiger partial charge in [0.15, 0.2) is 0 Å². The number of H-pyrrole nitrogens is 1. The van der Waals surface area contributed by atoms with Crippen molar-refractivity contribution in [2.45, 2.75) is 25.8 Å². The number of carbonyl (C=O) groups excluding carboxylic acids is 1. The number of amides is 1. The van der Waals surface area contributed by atoms with Crippen LogP contribution in [0.15, 0.2) is 64.1 Å². The number of aromatic hydroxyl groups is 1. The molecule has 0 spiro atoms. The first kappa shape index (κ1) is 18.9. The summed E-state index contributed by atoms with van der Waals surface area (Å²) in [5, 5.41) is 20.3. The second-order valence-electron chi connectivity index (χ2n) is 7.39. The van der Waals surface area contributed by atoms with Crippen LogP contribution in [0.5, 0.6) is 5.75 Å². The average Bonchev–Trinajstić information content (AvgIpc) is 3.49. The minimum absolute atomic E-state index is 0.132. The summed E-state index contributed by atoms with van der Waals surface area (Å²) in [6.07, 6.45) is 2.89. The number of phenolic OH excluding ortho intramolecular Hbond substituents is 1. The highest BCUT2D eigenvalue weighted by Crippen LogP contribution is 2.30. The standard InChI is InChI=1S/C22H20N6O3/c1-13(29)28-19(14-6-8-16(30)9-7-14)11-20(27-28)24-22-26-25-21(31-22)10-15-12-23-18-5-3-2-4-17(15)18/h2-9,12,19,23,30H,10-11H2,1H3,(H,24,26,27). The molecule has 156 valence electrons. The largest absolute Gasteiger partial charge is 0.508 e. The molecule has 2 aromatic heterocycles. The Labute approximate surface area is 177 Å². The van der Waals surface area contributed by atoms with Gasteiger partial charge in [-0.05, 0) is 29.3 Å². The molecular formula is C22H20N6O3.